The quantitative estimate of drug-likeness (QED) is 0.433. The van der Waals surface area contributed by atoms with Crippen LogP contribution in [0.25, 0.3) is 0 Å². The van der Waals surface area contributed by atoms with Crippen LogP contribution in [0.2, 0.25) is 0 Å². The lowest BCUT2D eigenvalue weighted by molar-refractivity contribution is 0.0866. The maximum absolute atomic E-state index is 4.31. The molecular formula is C16H33IN4. The van der Waals surface area contributed by atoms with E-state index >= 15 is 0 Å². The number of piperazine rings is 1. The fourth-order valence-corrected chi connectivity index (χ4v) is 3.84. The Morgan fingerprint density at radius 3 is 2.05 bits per heavy atom. The summed E-state index contributed by atoms with van der Waals surface area (Å²) in [7, 11) is 3.83. The first-order chi connectivity index (χ1) is 9.65. The average molecular weight is 408 g/mol. The van der Waals surface area contributed by atoms with Gasteiger partial charge >= 0.3 is 0 Å². The highest BCUT2D eigenvalue weighted by molar-refractivity contribution is 14.0. The molecule has 2 fully saturated rings. The lowest BCUT2D eigenvalue weighted by Gasteiger charge is -2.43. The summed E-state index contributed by atoms with van der Waals surface area (Å²) < 4.78 is 0. The van der Waals surface area contributed by atoms with Crippen molar-refractivity contribution >= 4 is 29.9 Å². The van der Waals surface area contributed by atoms with Crippen LogP contribution in [0.5, 0.6) is 0 Å². The molecule has 1 aliphatic carbocycles. The monoisotopic (exact) mass is 408 g/mol. The highest BCUT2D eigenvalue weighted by Crippen LogP contribution is 2.32. The van der Waals surface area contributed by atoms with Crippen molar-refractivity contribution in [3.63, 3.8) is 0 Å². The van der Waals surface area contributed by atoms with Crippen LogP contribution in [0.4, 0.5) is 0 Å². The zero-order valence-electron chi connectivity index (χ0n) is 14.1. The molecule has 5 heteroatoms. The van der Waals surface area contributed by atoms with Crippen LogP contribution in [0.1, 0.15) is 39.5 Å². The van der Waals surface area contributed by atoms with E-state index in [2.05, 4.69) is 34.0 Å². The third-order valence-electron chi connectivity index (χ3n) is 5.25. The predicted octanol–water partition coefficient (Wildman–Crippen LogP) is 2.64. The molecule has 2 rings (SSSR count). The SMILES string of the molecule is CN=C(NC)N1CCN(C2CCC(C(C)C)CC2)CC1.I. The van der Waals surface area contributed by atoms with E-state index in [-0.39, 0.29) is 24.0 Å². The number of rotatable bonds is 2. The molecule has 4 nitrogen and oxygen atoms in total. The molecule has 21 heavy (non-hydrogen) atoms. The summed E-state index contributed by atoms with van der Waals surface area (Å²) >= 11 is 0. The van der Waals surface area contributed by atoms with E-state index < -0.39 is 0 Å². The van der Waals surface area contributed by atoms with Gasteiger partial charge in [0.1, 0.15) is 0 Å². The van der Waals surface area contributed by atoms with Gasteiger partial charge in [-0.1, -0.05) is 13.8 Å². The van der Waals surface area contributed by atoms with Gasteiger partial charge in [0.2, 0.25) is 0 Å². The number of guanidine groups is 1. The van der Waals surface area contributed by atoms with Gasteiger partial charge in [-0.3, -0.25) is 9.89 Å². The second-order valence-electron chi connectivity index (χ2n) is 6.63. The lowest BCUT2D eigenvalue weighted by atomic mass is 9.79. The highest BCUT2D eigenvalue weighted by atomic mass is 127. The minimum atomic E-state index is 0. The zero-order chi connectivity index (χ0) is 14.5. The molecule has 2 aliphatic rings. The summed E-state index contributed by atoms with van der Waals surface area (Å²) in [5.41, 5.74) is 0. The molecule has 1 saturated heterocycles. The number of hydrogen-bond donors (Lipinski definition) is 1. The van der Waals surface area contributed by atoms with Crippen LogP contribution in [0.15, 0.2) is 4.99 Å². The van der Waals surface area contributed by atoms with Crippen molar-refractivity contribution in [3.05, 3.63) is 0 Å². The van der Waals surface area contributed by atoms with Gasteiger partial charge in [0.15, 0.2) is 5.96 Å². The summed E-state index contributed by atoms with van der Waals surface area (Å²) in [5.74, 6) is 2.87. The molecular weight excluding hydrogens is 375 g/mol. The molecule has 1 heterocycles. The first kappa shape index (κ1) is 19.0. The topological polar surface area (TPSA) is 30.9 Å². The molecule has 1 aliphatic heterocycles. The summed E-state index contributed by atoms with van der Waals surface area (Å²) in [6.45, 7) is 9.37. The molecule has 0 aromatic rings. The van der Waals surface area contributed by atoms with E-state index in [1.807, 2.05) is 14.1 Å². The average Bonchev–Trinajstić information content (AvgIpc) is 2.49. The molecule has 0 bridgehead atoms. The lowest BCUT2D eigenvalue weighted by Crippen LogP contribution is -2.54. The minimum Gasteiger partial charge on any atom is -0.359 e. The Bertz CT molecular complexity index is 316. The van der Waals surface area contributed by atoms with Crippen LogP contribution < -0.4 is 5.32 Å². The van der Waals surface area contributed by atoms with Crippen molar-refractivity contribution < 1.29 is 0 Å². The van der Waals surface area contributed by atoms with E-state index in [1.165, 1.54) is 38.8 Å². The van der Waals surface area contributed by atoms with E-state index in [0.29, 0.717) is 0 Å². The van der Waals surface area contributed by atoms with E-state index in [1.54, 1.807) is 0 Å². The minimum absolute atomic E-state index is 0. The number of nitrogens with zero attached hydrogens (tertiary/aromatic N) is 3. The number of nitrogens with one attached hydrogen (secondary N) is 1. The largest absolute Gasteiger partial charge is 0.359 e. The van der Waals surface area contributed by atoms with Crippen molar-refractivity contribution in [2.45, 2.75) is 45.6 Å². The maximum Gasteiger partial charge on any atom is 0.193 e. The third kappa shape index (κ3) is 4.98. The van der Waals surface area contributed by atoms with Crippen molar-refractivity contribution in [1.82, 2.24) is 15.1 Å². The summed E-state index contributed by atoms with van der Waals surface area (Å²) in [4.78, 5) is 9.40. The van der Waals surface area contributed by atoms with Crippen molar-refractivity contribution in [2.24, 2.45) is 16.8 Å². The van der Waals surface area contributed by atoms with Gasteiger partial charge < -0.3 is 10.2 Å². The normalized spacial score (nSPS) is 28.4. The van der Waals surface area contributed by atoms with Crippen LogP contribution >= 0.6 is 24.0 Å². The van der Waals surface area contributed by atoms with Gasteiger partial charge in [0.25, 0.3) is 0 Å². The molecule has 0 aromatic carbocycles. The maximum atomic E-state index is 4.31. The van der Waals surface area contributed by atoms with Crippen LogP contribution in [0.3, 0.4) is 0 Å². The second-order valence-corrected chi connectivity index (χ2v) is 6.63. The van der Waals surface area contributed by atoms with Crippen molar-refractivity contribution in [1.29, 1.82) is 0 Å². The van der Waals surface area contributed by atoms with Gasteiger partial charge in [0.05, 0.1) is 0 Å². The Hall–Kier alpha value is -0.0400. The summed E-state index contributed by atoms with van der Waals surface area (Å²) in [6, 6.07) is 0.837. The number of halogens is 1. The summed E-state index contributed by atoms with van der Waals surface area (Å²) in [6.07, 6.45) is 5.68. The summed E-state index contributed by atoms with van der Waals surface area (Å²) in [5, 5.41) is 3.19. The fourth-order valence-electron chi connectivity index (χ4n) is 3.84. The van der Waals surface area contributed by atoms with Gasteiger partial charge in [-0.2, -0.15) is 0 Å². The Morgan fingerprint density at radius 2 is 1.62 bits per heavy atom. The van der Waals surface area contributed by atoms with Crippen LogP contribution in [-0.4, -0.2) is 62.1 Å². The molecule has 124 valence electrons. The molecule has 0 unspecified atom stereocenters. The van der Waals surface area contributed by atoms with Crippen molar-refractivity contribution in [2.75, 3.05) is 40.3 Å². The first-order valence-corrected chi connectivity index (χ1v) is 8.29. The molecule has 0 aromatic heterocycles. The molecule has 1 N–H and O–H groups in total. The van der Waals surface area contributed by atoms with Crippen molar-refractivity contribution in [3.8, 4) is 0 Å². The molecule has 0 spiro atoms. The Morgan fingerprint density at radius 1 is 1.05 bits per heavy atom. The van der Waals surface area contributed by atoms with Gasteiger partial charge in [-0.05, 0) is 37.5 Å². The predicted molar refractivity (Wildman–Crippen MR) is 102 cm³/mol. The van der Waals surface area contributed by atoms with E-state index in [9.17, 15) is 0 Å². The Balaban J connectivity index is 0.00000220. The number of aliphatic imine (C=N–C) groups is 1. The smallest absolute Gasteiger partial charge is 0.193 e. The number of hydrogen-bond acceptors (Lipinski definition) is 2. The van der Waals surface area contributed by atoms with Gasteiger partial charge in [0, 0.05) is 46.3 Å². The standard InChI is InChI=1S/C16H32N4.HI/c1-13(2)14-5-7-15(8-6-14)19-9-11-20(12-10-19)16(17-3)18-4;/h13-15H,5-12H2,1-4H3,(H,17,18);1H. The van der Waals surface area contributed by atoms with Gasteiger partial charge in [-0.25, -0.2) is 0 Å². The Labute approximate surface area is 147 Å². The fraction of sp³-hybridized carbons (Fsp3) is 0.938. The van der Waals surface area contributed by atoms with E-state index in [4.69, 9.17) is 0 Å². The van der Waals surface area contributed by atoms with Gasteiger partial charge in [-0.15, -0.1) is 24.0 Å². The van der Waals surface area contributed by atoms with Crippen LogP contribution in [0, 0.1) is 11.8 Å². The van der Waals surface area contributed by atoms with Crippen LogP contribution in [-0.2, 0) is 0 Å². The zero-order valence-corrected chi connectivity index (χ0v) is 16.5. The highest BCUT2D eigenvalue weighted by Gasteiger charge is 2.29. The van der Waals surface area contributed by atoms with E-state index in [0.717, 1.165) is 36.9 Å². The second kappa shape index (κ2) is 9.18. The molecule has 1 saturated carbocycles. The third-order valence-corrected chi connectivity index (χ3v) is 5.25. The molecule has 0 atom stereocenters. The Kier molecular flexibility index (Phi) is 8.31. The molecule has 0 amide bonds. The first-order valence-electron chi connectivity index (χ1n) is 8.29. The molecule has 0 radical (unpaired) electrons.